The van der Waals surface area contributed by atoms with Crippen LogP contribution in [-0.2, 0) is 10.0 Å². The normalized spacial score (nSPS) is 10.8. The third-order valence-electron chi connectivity index (χ3n) is 4.09. The van der Waals surface area contributed by atoms with Gasteiger partial charge in [-0.1, -0.05) is 24.3 Å². The van der Waals surface area contributed by atoms with Crippen molar-refractivity contribution in [3.05, 3.63) is 78.4 Å². The number of sulfonamides is 1. The summed E-state index contributed by atoms with van der Waals surface area (Å²) in [5, 5.41) is 2.72. The minimum absolute atomic E-state index is 0.0179. The summed E-state index contributed by atoms with van der Waals surface area (Å²) < 4.78 is 38.2. The summed E-state index contributed by atoms with van der Waals surface area (Å²) in [6.45, 7) is 0. The molecule has 0 bridgehead atoms. The number of carbonyl (C=O) groups excluding carboxylic acids is 1. The van der Waals surface area contributed by atoms with E-state index in [0.29, 0.717) is 22.9 Å². The van der Waals surface area contributed by atoms with E-state index in [9.17, 15) is 13.2 Å². The van der Waals surface area contributed by atoms with Crippen molar-refractivity contribution in [2.45, 2.75) is 4.90 Å². The van der Waals surface area contributed by atoms with E-state index in [1.807, 2.05) is 0 Å². The first-order valence-corrected chi connectivity index (χ1v) is 10.1. The Kier molecular flexibility index (Phi) is 6.04. The molecule has 2 N–H and O–H groups in total. The van der Waals surface area contributed by atoms with Gasteiger partial charge in [-0.3, -0.25) is 9.52 Å². The number of ether oxygens (including phenoxy) is 2. The molecule has 0 radical (unpaired) electrons. The smallest absolute Gasteiger partial charge is 0.261 e. The SMILES string of the molecule is COc1ccc(NC(=O)c2cccc(S(=O)(=O)Nc3ccccc3)c2)c(OC)c1. The summed E-state index contributed by atoms with van der Waals surface area (Å²) in [4.78, 5) is 12.6. The van der Waals surface area contributed by atoms with Gasteiger partial charge in [-0.25, -0.2) is 8.42 Å². The van der Waals surface area contributed by atoms with Crippen LogP contribution in [0.1, 0.15) is 10.4 Å². The number of nitrogens with one attached hydrogen (secondary N) is 2. The molecule has 0 spiro atoms. The van der Waals surface area contributed by atoms with E-state index >= 15 is 0 Å². The van der Waals surface area contributed by atoms with E-state index in [1.165, 1.54) is 38.5 Å². The van der Waals surface area contributed by atoms with E-state index in [-0.39, 0.29) is 10.5 Å². The van der Waals surface area contributed by atoms with E-state index in [0.717, 1.165) is 0 Å². The van der Waals surface area contributed by atoms with Crippen molar-refractivity contribution in [2.24, 2.45) is 0 Å². The zero-order chi connectivity index (χ0) is 20.9. The molecule has 0 atom stereocenters. The van der Waals surface area contributed by atoms with Gasteiger partial charge in [0, 0.05) is 17.3 Å². The molecule has 3 aromatic carbocycles. The van der Waals surface area contributed by atoms with Crippen LogP contribution in [-0.4, -0.2) is 28.5 Å². The van der Waals surface area contributed by atoms with Crippen molar-refractivity contribution in [3.63, 3.8) is 0 Å². The number of benzene rings is 3. The molecule has 0 aromatic heterocycles. The Balaban J connectivity index is 1.83. The standard InChI is InChI=1S/C21H20N2O5S/c1-27-17-11-12-19(20(14-17)28-2)22-21(24)15-7-6-10-18(13-15)29(25,26)23-16-8-4-3-5-9-16/h3-14,23H,1-2H3,(H,22,24). The zero-order valence-corrected chi connectivity index (χ0v) is 16.7. The Morgan fingerprint density at radius 1 is 0.862 bits per heavy atom. The van der Waals surface area contributed by atoms with Crippen LogP contribution in [0.4, 0.5) is 11.4 Å². The predicted molar refractivity (Wildman–Crippen MR) is 111 cm³/mol. The van der Waals surface area contributed by atoms with Crippen molar-refractivity contribution in [1.29, 1.82) is 0 Å². The highest BCUT2D eigenvalue weighted by atomic mass is 32.2. The Hall–Kier alpha value is -3.52. The third-order valence-corrected chi connectivity index (χ3v) is 5.47. The van der Waals surface area contributed by atoms with Crippen LogP contribution in [0.25, 0.3) is 0 Å². The van der Waals surface area contributed by atoms with Gasteiger partial charge in [0.2, 0.25) is 0 Å². The van der Waals surface area contributed by atoms with Crippen LogP contribution >= 0.6 is 0 Å². The molecule has 150 valence electrons. The van der Waals surface area contributed by atoms with Gasteiger partial charge < -0.3 is 14.8 Å². The lowest BCUT2D eigenvalue weighted by atomic mass is 10.2. The maximum atomic E-state index is 12.7. The Morgan fingerprint density at radius 3 is 2.31 bits per heavy atom. The average molecular weight is 412 g/mol. The van der Waals surface area contributed by atoms with Gasteiger partial charge in [-0.15, -0.1) is 0 Å². The molecule has 29 heavy (non-hydrogen) atoms. The molecule has 0 heterocycles. The third kappa shape index (κ3) is 4.85. The molecule has 0 unspecified atom stereocenters. The predicted octanol–water partition coefficient (Wildman–Crippen LogP) is 3.76. The van der Waals surface area contributed by atoms with Gasteiger partial charge in [0.05, 0.1) is 24.8 Å². The Bertz CT molecular complexity index is 1110. The van der Waals surface area contributed by atoms with Crippen molar-refractivity contribution >= 4 is 27.3 Å². The lowest BCUT2D eigenvalue weighted by molar-refractivity contribution is 0.102. The van der Waals surface area contributed by atoms with Crippen molar-refractivity contribution in [3.8, 4) is 11.5 Å². The maximum absolute atomic E-state index is 12.7. The fourth-order valence-corrected chi connectivity index (χ4v) is 3.73. The Morgan fingerprint density at radius 2 is 1.62 bits per heavy atom. The Labute approximate surface area is 169 Å². The first kappa shape index (κ1) is 20.2. The summed E-state index contributed by atoms with van der Waals surface area (Å²) in [6.07, 6.45) is 0. The van der Waals surface area contributed by atoms with Gasteiger partial charge >= 0.3 is 0 Å². The molecule has 8 heteroatoms. The number of hydrogen-bond donors (Lipinski definition) is 2. The molecule has 7 nitrogen and oxygen atoms in total. The van der Waals surface area contributed by atoms with Crippen LogP contribution in [0.15, 0.2) is 77.7 Å². The summed E-state index contributed by atoms with van der Waals surface area (Å²) in [5.74, 6) is 0.539. The van der Waals surface area contributed by atoms with Crippen LogP contribution in [0.3, 0.4) is 0 Å². The lowest BCUT2D eigenvalue weighted by Gasteiger charge is -2.12. The fourth-order valence-electron chi connectivity index (χ4n) is 2.62. The zero-order valence-electron chi connectivity index (χ0n) is 15.9. The number of rotatable bonds is 7. The van der Waals surface area contributed by atoms with Gasteiger partial charge in [0.15, 0.2) is 0 Å². The molecular formula is C21H20N2O5S. The van der Waals surface area contributed by atoms with E-state index < -0.39 is 15.9 Å². The highest BCUT2D eigenvalue weighted by Gasteiger charge is 2.17. The van der Waals surface area contributed by atoms with Gasteiger partial charge in [0.1, 0.15) is 11.5 Å². The van der Waals surface area contributed by atoms with Crippen LogP contribution in [0.2, 0.25) is 0 Å². The number of hydrogen-bond acceptors (Lipinski definition) is 5. The number of methoxy groups -OCH3 is 2. The lowest BCUT2D eigenvalue weighted by Crippen LogP contribution is -2.16. The molecule has 0 aliphatic rings. The van der Waals surface area contributed by atoms with Crippen molar-refractivity contribution in [2.75, 3.05) is 24.3 Å². The first-order chi connectivity index (χ1) is 13.9. The highest BCUT2D eigenvalue weighted by molar-refractivity contribution is 7.92. The second-order valence-corrected chi connectivity index (χ2v) is 7.70. The van der Waals surface area contributed by atoms with Crippen LogP contribution in [0, 0.1) is 0 Å². The van der Waals surface area contributed by atoms with Gasteiger partial charge in [-0.05, 0) is 42.5 Å². The quantitative estimate of drug-likeness (QED) is 0.616. The van der Waals surface area contributed by atoms with E-state index in [4.69, 9.17) is 9.47 Å². The van der Waals surface area contributed by atoms with Gasteiger partial charge in [0.25, 0.3) is 15.9 Å². The summed E-state index contributed by atoms with van der Waals surface area (Å²) in [6, 6.07) is 19.3. The van der Waals surface area contributed by atoms with Crippen LogP contribution in [0.5, 0.6) is 11.5 Å². The molecule has 0 aliphatic carbocycles. The fraction of sp³-hybridized carbons (Fsp3) is 0.0952. The second kappa shape index (κ2) is 8.66. The largest absolute Gasteiger partial charge is 0.497 e. The number of para-hydroxylation sites is 1. The molecular weight excluding hydrogens is 392 g/mol. The number of anilines is 2. The molecule has 0 aliphatic heterocycles. The first-order valence-electron chi connectivity index (χ1n) is 8.64. The second-order valence-electron chi connectivity index (χ2n) is 6.02. The number of carbonyl (C=O) groups is 1. The summed E-state index contributed by atoms with van der Waals surface area (Å²) in [7, 11) is -0.826. The maximum Gasteiger partial charge on any atom is 0.261 e. The molecule has 0 saturated carbocycles. The minimum Gasteiger partial charge on any atom is -0.497 e. The molecule has 0 saturated heterocycles. The summed E-state index contributed by atoms with van der Waals surface area (Å²) in [5.41, 5.74) is 1.07. The monoisotopic (exact) mass is 412 g/mol. The van der Waals surface area contributed by atoms with Gasteiger partial charge in [-0.2, -0.15) is 0 Å². The molecule has 3 aromatic rings. The topological polar surface area (TPSA) is 93.7 Å². The average Bonchev–Trinajstić information content (AvgIpc) is 2.74. The van der Waals surface area contributed by atoms with Crippen LogP contribution < -0.4 is 19.5 Å². The van der Waals surface area contributed by atoms with E-state index in [1.54, 1.807) is 48.5 Å². The highest BCUT2D eigenvalue weighted by Crippen LogP contribution is 2.29. The van der Waals surface area contributed by atoms with Crippen molar-refractivity contribution in [1.82, 2.24) is 0 Å². The molecule has 0 fully saturated rings. The van der Waals surface area contributed by atoms with Crippen molar-refractivity contribution < 1.29 is 22.7 Å². The molecule has 1 amide bonds. The summed E-state index contributed by atoms with van der Waals surface area (Å²) >= 11 is 0. The van der Waals surface area contributed by atoms with E-state index in [2.05, 4.69) is 10.0 Å². The number of amides is 1. The minimum atomic E-state index is -3.84. The molecule has 3 rings (SSSR count).